The van der Waals surface area contributed by atoms with Crippen LogP contribution < -0.4 is 10.6 Å². The van der Waals surface area contributed by atoms with Gasteiger partial charge in [0.1, 0.15) is 5.41 Å². The van der Waals surface area contributed by atoms with Crippen molar-refractivity contribution in [2.24, 2.45) is 11.3 Å². The number of carbonyl (C=O) groups is 2. The molecule has 1 aliphatic heterocycles. The standard InChI is InChI=1S/C13H20N2O2S/c1-4-6-8-13(9(3)7-5-2)10(16)14-12(18)15-11(13)17/h4,6,9H,5,7-8H2,1-3H3,(H2,14,15,16,17,18)/b6-4+. The fraction of sp³-hybridized carbons (Fsp3) is 0.615. The molecule has 0 aliphatic carbocycles. The van der Waals surface area contributed by atoms with Crippen LogP contribution >= 0.6 is 12.2 Å². The molecule has 4 nitrogen and oxygen atoms in total. The van der Waals surface area contributed by atoms with E-state index in [1.807, 2.05) is 32.9 Å². The second-order valence-electron chi connectivity index (χ2n) is 4.67. The summed E-state index contributed by atoms with van der Waals surface area (Å²) >= 11 is 4.84. The number of hydrogen-bond donors (Lipinski definition) is 2. The van der Waals surface area contributed by atoms with E-state index in [0.29, 0.717) is 6.42 Å². The van der Waals surface area contributed by atoms with Gasteiger partial charge >= 0.3 is 0 Å². The summed E-state index contributed by atoms with van der Waals surface area (Å²) in [5, 5.41) is 5.25. The third kappa shape index (κ3) is 2.61. The molecule has 1 unspecified atom stereocenters. The molecule has 2 N–H and O–H groups in total. The molecule has 1 heterocycles. The molecule has 0 saturated carbocycles. The minimum absolute atomic E-state index is 0.0261. The molecule has 5 heteroatoms. The van der Waals surface area contributed by atoms with E-state index in [1.54, 1.807) is 0 Å². The van der Waals surface area contributed by atoms with E-state index in [2.05, 4.69) is 10.6 Å². The van der Waals surface area contributed by atoms with Gasteiger partial charge < -0.3 is 10.6 Å². The van der Waals surface area contributed by atoms with Crippen LogP contribution in [-0.4, -0.2) is 16.9 Å². The minimum Gasteiger partial charge on any atom is -0.302 e. The van der Waals surface area contributed by atoms with Gasteiger partial charge in [0, 0.05) is 0 Å². The van der Waals surface area contributed by atoms with Crippen LogP contribution in [0.15, 0.2) is 12.2 Å². The summed E-state index contributed by atoms with van der Waals surface area (Å²) in [4.78, 5) is 24.5. The zero-order valence-corrected chi connectivity index (χ0v) is 11.9. The van der Waals surface area contributed by atoms with Gasteiger partial charge in [-0.05, 0) is 37.9 Å². The Morgan fingerprint density at radius 1 is 1.33 bits per heavy atom. The average molecular weight is 268 g/mol. The lowest BCUT2D eigenvalue weighted by molar-refractivity contribution is -0.147. The Bertz CT molecular complexity index is 370. The zero-order valence-electron chi connectivity index (χ0n) is 11.1. The number of allylic oxidation sites excluding steroid dienone is 2. The highest BCUT2D eigenvalue weighted by Crippen LogP contribution is 2.37. The zero-order chi connectivity index (χ0) is 13.8. The summed E-state index contributed by atoms with van der Waals surface area (Å²) in [5.74, 6) is -0.590. The van der Waals surface area contributed by atoms with Gasteiger partial charge in [0.15, 0.2) is 5.11 Å². The number of thiocarbonyl (C=S) groups is 1. The fourth-order valence-electron chi connectivity index (χ4n) is 2.38. The van der Waals surface area contributed by atoms with Gasteiger partial charge in [-0.25, -0.2) is 0 Å². The molecule has 1 atom stereocenters. The molecule has 2 amide bonds. The van der Waals surface area contributed by atoms with Gasteiger partial charge in [0.05, 0.1) is 0 Å². The quantitative estimate of drug-likeness (QED) is 0.455. The highest BCUT2D eigenvalue weighted by molar-refractivity contribution is 7.80. The van der Waals surface area contributed by atoms with Crippen molar-refractivity contribution in [1.29, 1.82) is 0 Å². The van der Waals surface area contributed by atoms with Crippen LogP contribution in [0.4, 0.5) is 0 Å². The largest absolute Gasteiger partial charge is 0.302 e. The summed E-state index contributed by atoms with van der Waals surface area (Å²) in [6.45, 7) is 5.87. The topological polar surface area (TPSA) is 58.2 Å². The lowest BCUT2D eigenvalue weighted by Crippen LogP contribution is -2.64. The Kier molecular flexibility index (Phi) is 5.02. The smallest absolute Gasteiger partial charge is 0.242 e. The third-order valence-electron chi connectivity index (χ3n) is 3.50. The molecule has 0 bridgehead atoms. The maximum atomic E-state index is 12.3. The molecule has 1 aliphatic rings. The monoisotopic (exact) mass is 268 g/mol. The van der Waals surface area contributed by atoms with Crippen molar-refractivity contribution < 1.29 is 9.59 Å². The van der Waals surface area contributed by atoms with Crippen molar-refractivity contribution in [3.05, 3.63) is 12.2 Å². The van der Waals surface area contributed by atoms with E-state index in [-0.39, 0.29) is 22.8 Å². The molecule has 0 spiro atoms. The first-order valence-electron chi connectivity index (χ1n) is 6.27. The van der Waals surface area contributed by atoms with Crippen LogP contribution in [0.2, 0.25) is 0 Å². The summed E-state index contributed by atoms with van der Waals surface area (Å²) in [6, 6.07) is 0. The van der Waals surface area contributed by atoms with Gasteiger partial charge in [0.2, 0.25) is 11.8 Å². The molecule has 1 rings (SSSR count). The molecule has 18 heavy (non-hydrogen) atoms. The Hall–Kier alpha value is -1.23. The van der Waals surface area contributed by atoms with E-state index in [4.69, 9.17) is 12.2 Å². The molecule has 1 fully saturated rings. The molecule has 1 saturated heterocycles. The van der Waals surface area contributed by atoms with Crippen molar-refractivity contribution in [1.82, 2.24) is 10.6 Å². The van der Waals surface area contributed by atoms with Crippen LogP contribution in [0.3, 0.4) is 0 Å². The predicted octanol–water partition coefficient (Wildman–Crippen LogP) is 1.91. The van der Waals surface area contributed by atoms with E-state index in [0.717, 1.165) is 12.8 Å². The Balaban J connectivity index is 3.12. The van der Waals surface area contributed by atoms with Crippen LogP contribution in [0.1, 0.15) is 40.0 Å². The van der Waals surface area contributed by atoms with Crippen molar-refractivity contribution >= 4 is 29.1 Å². The Morgan fingerprint density at radius 2 is 1.89 bits per heavy atom. The van der Waals surface area contributed by atoms with Crippen molar-refractivity contribution in [2.45, 2.75) is 40.0 Å². The van der Waals surface area contributed by atoms with Crippen LogP contribution in [-0.2, 0) is 9.59 Å². The summed E-state index contributed by atoms with van der Waals surface area (Å²) in [5.41, 5.74) is -1.04. The highest BCUT2D eigenvalue weighted by atomic mass is 32.1. The number of rotatable bonds is 5. The molecule has 0 aromatic rings. The van der Waals surface area contributed by atoms with E-state index in [9.17, 15) is 9.59 Å². The highest BCUT2D eigenvalue weighted by Gasteiger charge is 2.51. The minimum atomic E-state index is -1.04. The third-order valence-corrected chi connectivity index (χ3v) is 3.71. The van der Waals surface area contributed by atoms with E-state index < -0.39 is 5.41 Å². The fourth-order valence-corrected chi connectivity index (χ4v) is 2.57. The first-order valence-corrected chi connectivity index (χ1v) is 6.67. The molecular formula is C13H20N2O2S. The maximum Gasteiger partial charge on any atom is 0.242 e. The van der Waals surface area contributed by atoms with Gasteiger partial charge in [-0.2, -0.15) is 0 Å². The Labute approximate surface area is 113 Å². The molecule has 0 radical (unpaired) electrons. The molecule has 0 aromatic heterocycles. The van der Waals surface area contributed by atoms with Crippen LogP contribution in [0.5, 0.6) is 0 Å². The van der Waals surface area contributed by atoms with Crippen LogP contribution in [0, 0.1) is 11.3 Å². The van der Waals surface area contributed by atoms with Gasteiger partial charge in [-0.3, -0.25) is 9.59 Å². The second-order valence-corrected chi connectivity index (χ2v) is 5.08. The van der Waals surface area contributed by atoms with Crippen molar-refractivity contribution in [3.63, 3.8) is 0 Å². The van der Waals surface area contributed by atoms with Gasteiger partial charge in [-0.1, -0.05) is 32.4 Å². The average Bonchev–Trinajstić information content (AvgIpc) is 2.28. The number of amides is 2. The molecule has 0 aromatic carbocycles. The van der Waals surface area contributed by atoms with E-state index in [1.165, 1.54) is 0 Å². The summed E-state index contributed by atoms with van der Waals surface area (Å²) < 4.78 is 0. The molecular weight excluding hydrogens is 248 g/mol. The number of hydrogen-bond acceptors (Lipinski definition) is 3. The van der Waals surface area contributed by atoms with Crippen LogP contribution in [0.25, 0.3) is 0 Å². The molecule has 100 valence electrons. The first kappa shape index (κ1) is 14.8. The lowest BCUT2D eigenvalue weighted by atomic mass is 9.69. The second kappa shape index (κ2) is 6.09. The first-order chi connectivity index (χ1) is 8.48. The van der Waals surface area contributed by atoms with Crippen molar-refractivity contribution in [2.75, 3.05) is 0 Å². The van der Waals surface area contributed by atoms with Gasteiger partial charge in [0.25, 0.3) is 0 Å². The summed E-state index contributed by atoms with van der Waals surface area (Å²) in [6.07, 6.45) is 5.88. The van der Waals surface area contributed by atoms with E-state index >= 15 is 0 Å². The van der Waals surface area contributed by atoms with Gasteiger partial charge in [-0.15, -0.1) is 0 Å². The summed E-state index contributed by atoms with van der Waals surface area (Å²) in [7, 11) is 0. The normalized spacial score (nSPS) is 20.7. The van der Waals surface area contributed by atoms with Crippen molar-refractivity contribution in [3.8, 4) is 0 Å². The SMILES string of the molecule is C/C=C/CC1(C(C)CCC)C(=O)NC(=S)NC1=O. The number of nitrogens with one attached hydrogen (secondary N) is 2. The Morgan fingerprint density at radius 3 is 2.33 bits per heavy atom. The lowest BCUT2D eigenvalue weighted by Gasteiger charge is -2.38. The predicted molar refractivity (Wildman–Crippen MR) is 74.8 cm³/mol. The maximum absolute atomic E-state index is 12.3. The number of carbonyl (C=O) groups excluding carboxylic acids is 2.